The first-order valence-electron chi connectivity index (χ1n) is 7.89. The predicted octanol–water partition coefficient (Wildman–Crippen LogP) is 4.67. The van der Waals surface area contributed by atoms with Gasteiger partial charge in [0.25, 0.3) is 5.22 Å². The van der Waals surface area contributed by atoms with Gasteiger partial charge in [-0.25, -0.2) is 0 Å². The van der Waals surface area contributed by atoms with Crippen molar-refractivity contribution in [2.75, 3.05) is 12.3 Å². The molecule has 0 fully saturated rings. The van der Waals surface area contributed by atoms with E-state index in [1.807, 2.05) is 0 Å². The molecule has 11 heteroatoms. The van der Waals surface area contributed by atoms with Crippen LogP contribution in [0.5, 0.6) is 0 Å². The number of hydrogen-bond donors (Lipinski definition) is 0. The van der Waals surface area contributed by atoms with E-state index in [0.29, 0.717) is 15.5 Å². The molecular weight excluding hydrogens is 419 g/mol. The Morgan fingerprint density at radius 1 is 1.21 bits per heavy atom. The quantitative estimate of drug-likeness (QED) is 0.506. The number of carbonyl (C=O) groups excluding carboxylic acids is 1. The third-order valence-electron chi connectivity index (χ3n) is 3.45. The monoisotopic (exact) mass is 431 g/mol. The van der Waals surface area contributed by atoms with Gasteiger partial charge in [-0.2, -0.15) is 13.2 Å². The summed E-state index contributed by atoms with van der Waals surface area (Å²) in [5, 5.41) is 8.20. The first-order chi connectivity index (χ1) is 13.3. The van der Waals surface area contributed by atoms with E-state index in [2.05, 4.69) is 10.2 Å². The number of amides is 1. The third-order valence-corrected chi connectivity index (χ3v) is 4.49. The molecule has 0 radical (unpaired) electrons. The molecule has 0 aliphatic rings. The predicted molar refractivity (Wildman–Crippen MR) is 95.6 cm³/mol. The van der Waals surface area contributed by atoms with Gasteiger partial charge in [-0.1, -0.05) is 29.4 Å². The van der Waals surface area contributed by atoms with Crippen molar-refractivity contribution in [1.82, 2.24) is 15.1 Å². The number of thioether (sulfide) groups is 1. The van der Waals surface area contributed by atoms with Crippen LogP contribution in [0.25, 0.3) is 11.5 Å². The second-order valence-corrected chi connectivity index (χ2v) is 6.98. The number of halogens is 4. The lowest BCUT2D eigenvalue weighted by molar-refractivity contribution is -0.161. The van der Waals surface area contributed by atoms with Gasteiger partial charge in [-0.3, -0.25) is 4.79 Å². The van der Waals surface area contributed by atoms with Gasteiger partial charge in [-0.05, 0) is 30.3 Å². The highest BCUT2D eigenvalue weighted by Gasteiger charge is 2.33. The van der Waals surface area contributed by atoms with Gasteiger partial charge in [0.1, 0.15) is 12.3 Å². The Hall–Kier alpha value is -2.46. The molecule has 0 saturated heterocycles. The Labute approximate surface area is 166 Å². The van der Waals surface area contributed by atoms with Crippen molar-refractivity contribution in [3.05, 3.63) is 53.4 Å². The number of carbonyl (C=O) groups is 1. The second-order valence-electron chi connectivity index (χ2n) is 5.62. The second kappa shape index (κ2) is 8.70. The van der Waals surface area contributed by atoms with Crippen molar-refractivity contribution in [2.24, 2.45) is 0 Å². The molecule has 0 bridgehead atoms. The van der Waals surface area contributed by atoms with Crippen molar-refractivity contribution in [1.29, 1.82) is 0 Å². The van der Waals surface area contributed by atoms with Crippen LogP contribution in [0.1, 0.15) is 5.76 Å². The minimum atomic E-state index is -4.53. The summed E-state index contributed by atoms with van der Waals surface area (Å²) in [7, 11) is 0. The topological polar surface area (TPSA) is 72.4 Å². The molecule has 0 saturated carbocycles. The molecule has 6 nitrogen and oxygen atoms in total. The fourth-order valence-corrected chi connectivity index (χ4v) is 3.12. The Morgan fingerprint density at radius 3 is 2.71 bits per heavy atom. The Bertz CT molecular complexity index is 931. The minimum Gasteiger partial charge on any atom is -0.467 e. The largest absolute Gasteiger partial charge is 0.467 e. The van der Waals surface area contributed by atoms with E-state index < -0.39 is 18.6 Å². The molecule has 2 aromatic heterocycles. The van der Waals surface area contributed by atoms with E-state index in [1.54, 1.807) is 24.3 Å². The molecule has 1 amide bonds. The standard InChI is InChI=1S/C17H13ClF3N3O3S/c18-12-4-1-3-11(7-12)15-22-23-16(27-15)28-9-14(25)24(10-17(19,20)21)8-13-5-2-6-26-13/h1-7H,8-10H2. The third kappa shape index (κ3) is 5.77. The van der Waals surface area contributed by atoms with Gasteiger partial charge in [-0.15, -0.1) is 10.2 Å². The first kappa shape index (κ1) is 20.3. The molecule has 148 valence electrons. The smallest absolute Gasteiger partial charge is 0.406 e. The molecule has 2 heterocycles. The van der Waals surface area contributed by atoms with E-state index >= 15 is 0 Å². The normalized spacial score (nSPS) is 11.6. The molecule has 28 heavy (non-hydrogen) atoms. The maximum Gasteiger partial charge on any atom is 0.406 e. The van der Waals surface area contributed by atoms with Crippen LogP contribution < -0.4 is 0 Å². The molecule has 0 spiro atoms. The number of rotatable bonds is 7. The van der Waals surface area contributed by atoms with Crippen LogP contribution in [-0.2, 0) is 11.3 Å². The SMILES string of the molecule is O=C(CSc1nnc(-c2cccc(Cl)c2)o1)N(Cc1ccco1)CC(F)(F)F. The van der Waals surface area contributed by atoms with Crippen LogP contribution in [-0.4, -0.2) is 39.5 Å². The van der Waals surface area contributed by atoms with E-state index in [4.69, 9.17) is 20.4 Å². The van der Waals surface area contributed by atoms with E-state index in [-0.39, 0.29) is 29.2 Å². The van der Waals surface area contributed by atoms with Crippen molar-refractivity contribution in [3.63, 3.8) is 0 Å². The zero-order valence-electron chi connectivity index (χ0n) is 14.1. The highest BCUT2D eigenvalue weighted by molar-refractivity contribution is 7.99. The number of aromatic nitrogens is 2. The summed E-state index contributed by atoms with van der Waals surface area (Å²) in [4.78, 5) is 13.0. The van der Waals surface area contributed by atoms with E-state index in [9.17, 15) is 18.0 Å². The lowest BCUT2D eigenvalue weighted by Gasteiger charge is -2.22. The lowest BCUT2D eigenvalue weighted by Crippen LogP contribution is -2.39. The van der Waals surface area contributed by atoms with Gasteiger partial charge < -0.3 is 13.7 Å². The molecule has 0 N–H and O–H groups in total. The van der Waals surface area contributed by atoms with Gasteiger partial charge >= 0.3 is 6.18 Å². The molecule has 0 atom stereocenters. The molecular formula is C17H13ClF3N3O3S. The fraction of sp³-hybridized carbons (Fsp3) is 0.235. The molecule has 0 aliphatic carbocycles. The molecule has 0 unspecified atom stereocenters. The van der Waals surface area contributed by atoms with Gasteiger partial charge in [0.15, 0.2) is 0 Å². The minimum absolute atomic E-state index is 0.0632. The molecule has 1 aromatic carbocycles. The Kier molecular flexibility index (Phi) is 6.30. The average molecular weight is 432 g/mol. The summed E-state index contributed by atoms with van der Waals surface area (Å²) in [6.07, 6.45) is -3.20. The number of benzene rings is 1. The van der Waals surface area contributed by atoms with Crippen LogP contribution >= 0.6 is 23.4 Å². The van der Waals surface area contributed by atoms with Crippen molar-refractivity contribution in [3.8, 4) is 11.5 Å². The van der Waals surface area contributed by atoms with Gasteiger partial charge in [0.2, 0.25) is 11.8 Å². The number of nitrogens with zero attached hydrogens (tertiary/aromatic N) is 3. The van der Waals surface area contributed by atoms with Crippen LogP contribution in [0, 0.1) is 0 Å². The zero-order valence-corrected chi connectivity index (χ0v) is 15.7. The Balaban J connectivity index is 1.64. The van der Waals surface area contributed by atoms with Gasteiger partial charge in [0, 0.05) is 10.6 Å². The van der Waals surface area contributed by atoms with Crippen LogP contribution in [0.3, 0.4) is 0 Å². The maximum atomic E-state index is 12.8. The van der Waals surface area contributed by atoms with Crippen LogP contribution in [0.2, 0.25) is 5.02 Å². The van der Waals surface area contributed by atoms with E-state index in [1.165, 1.54) is 18.4 Å². The summed E-state index contributed by atoms with van der Waals surface area (Å²) in [6, 6.07) is 9.78. The van der Waals surface area contributed by atoms with Gasteiger partial charge in [0.05, 0.1) is 18.6 Å². The molecule has 3 aromatic rings. The summed E-state index contributed by atoms with van der Waals surface area (Å²) in [5.74, 6) is -0.585. The first-order valence-corrected chi connectivity index (χ1v) is 9.26. The highest BCUT2D eigenvalue weighted by atomic mass is 35.5. The van der Waals surface area contributed by atoms with Crippen LogP contribution in [0.4, 0.5) is 13.2 Å². The number of furan rings is 1. The lowest BCUT2D eigenvalue weighted by atomic mass is 10.2. The van der Waals surface area contributed by atoms with E-state index in [0.717, 1.165) is 11.8 Å². The fourth-order valence-electron chi connectivity index (χ4n) is 2.26. The molecule has 0 aliphatic heterocycles. The van der Waals surface area contributed by atoms with Crippen LogP contribution in [0.15, 0.2) is 56.7 Å². The maximum absolute atomic E-state index is 12.8. The molecule has 3 rings (SSSR count). The summed E-state index contributed by atoms with van der Waals surface area (Å²) in [6.45, 7) is -1.67. The van der Waals surface area contributed by atoms with Crippen molar-refractivity contribution >= 4 is 29.3 Å². The number of hydrogen-bond acceptors (Lipinski definition) is 6. The average Bonchev–Trinajstić information content (AvgIpc) is 3.30. The highest BCUT2D eigenvalue weighted by Crippen LogP contribution is 2.26. The zero-order chi connectivity index (χ0) is 20.1. The summed E-state index contributed by atoms with van der Waals surface area (Å²) in [5.41, 5.74) is 0.592. The Morgan fingerprint density at radius 2 is 2.04 bits per heavy atom. The van der Waals surface area contributed by atoms with Crippen molar-refractivity contribution < 1.29 is 26.8 Å². The van der Waals surface area contributed by atoms with Crippen molar-refractivity contribution in [2.45, 2.75) is 17.9 Å². The summed E-state index contributed by atoms with van der Waals surface area (Å²) >= 11 is 6.76. The summed E-state index contributed by atoms with van der Waals surface area (Å²) < 4.78 is 48.9. The number of alkyl halides is 3.